The monoisotopic (exact) mass is 345 g/mol. The van der Waals surface area contributed by atoms with Crippen LogP contribution in [0, 0.1) is 11.7 Å². The fourth-order valence-corrected chi connectivity index (χ4v) is 3.92. The van der Waals surface area contributed by atoms with E-state index in [-0.39, 0.29) is 17.8 Å². The molecule has 2 N–H and O–H groups in total. The van der Waals surface area contributed by atoms with Gasteiger partial charge in [-0.05, 0) is 30.4 Å². The van der Waals surface area contributed by atoms with Crippen molar-refractivity contribution in [2.24, 2.45) is 11.0 Å². The molecule has 6 heteroatoms. The summed E-state index contributed by atoms with van der Waals surface area (Å²) in [4.78, 5) is 0. The first-order valence-electron chi connectivity index (χ1n) is 7.80. The van der Waals surface area contributed by atoms with E-state index < -0.39 is 5.60 Å². The third-order valence-electron chi connectivity index (χ3n) is 4.84. The lowest BCUT2D eigenvalue weighted by Crippen LogP contribution is -2.52. The Labute approximate surface area is 144 Å². The summed E-state index contributed by atoms with van der Waals surface area (Å²) < 4.78 is 14.4. The maximum Gasteiger partial charge on any atom is 0.133 e. The SMILES string of the molecule is CN1N=CC2CNC(c3ccccc3F)=C3C=C(Cl)C=CC3(O)C21. The molecule has 4 nitrogen and oxygen atoms in total. The average molecular weight is 346 g/mol. The van der Waals surface area contributed by atoms with Gasteiger partial charge in [0.15, 0.2) is 0 Å². The molecule has 1 aliphatic carbocycles. The van der Waals surface area contributed by atoms with Crippen molar-refractivity contribution in [2.75, 3.05) is 13.6 Å². The predicted molar refractivity (Wildman–Crippen MR) is 92.9 cm³/mol. The van der Waals surface area contributed by atoms with Crippen LogP contribution >= 0.6 is 11.6 Å². The van der Waals surface area contributed by atoms with Gasteiger partial charge in [-0.25, -0.2) is 4.39 Å². The largest absolute Gasteiger partial charge is 0.383 e. The van der Waals surface area contributed by atoms with Crippen LogP contribution < -0.4 is 5.32 Å². The second kappa shape index (κ2) is 5.46. The summed E-state index contributed by atoms with van der Waals surface area (Å²) in [5.41, 5.74) is 0.232. The molecule has 0 saturated carbocycles. The summed E-state index contributed by atoms with van der Waals surface area (Å²) in [7, 11) is 1.83. The third-order valence-corrected chi connectivity index (χ3v) is 5.07. The number of benzene rings is 1. The molecule has 1 aromatic carbocycles. The lowest BCUT2D eigenvalue weighted by atomic mass is 9.77. The second-order valence-corrected chi connectivity index (χ2v) is 6.72. The topological polar surface area (TPSA) is 47.9 Å². The van der Waals surface area contributed by atoms with E-state index in [0.29, 0.717) is 28.4 Å². The van der Waals surface area contributed by atoms with Crippen molar-refractivity contribution < 1.29 is 9.50 Å². The molecule has 0 aromatic heterocycles. The van der Waals surface area contributed by atoms with Crippen LogP contribution in [0.2, 0.25) is 0 Å². The van der Waals surface area contributed by atoms with Gasteiger partial charge in [-0.15, -0.1) is 0 Å². The number of hydrogen-bond acceptors (Lipinski definition) is 4. The van der Waals surface area contributed by atoms with Crippen LogP contribution in [-0.2, 0) is 0 Å². The highest BCUT2D eigenvalue weighted by Crippen LogP contribution is 2.42. The number of aliphatic hydroxyl groups is 1. The van der Waals surface area contributed by atoms with Gasteiger partial charge in [-0.1, -0.05) is 23.7 Å². The fourth-order valence-electron chi connectivity index (χ4n) is 3.74. The Hall–Kier alpha value is -2.11. The Bertz CT molecular complexity index is 816. The Balaban J connectivity index is 1.95. The van der Waals surface area contributed by atoms with Gasteiger partial charge < -0.3 is 10.4 Å². The molecule has 0 fully saturated rings. The van der Waals surface area contributed by atoms with Crippen LogP contribution in [0.15, 0.2) is 58.2 Å². The van der Waals surface area contributed by atoms with Gasteiger partial charge in [0.05, 0.1) is 11.7 Å². The number of nitrogens with one attached hydrogen (secondary N) is 1. The van der Waals surface area contributed by atoms with Gasteiger partial charge >= 0.3 is 0 Å². The number of hydrazone groups is 1. The predicted octanol–water partition coefficient (Wildman–Crippen LogP) is 2.48. The van der Waals surface area contributed by atoms with E-state index in [1.165, 1.54) is 6.07 Å². The second-order valence-electron chi connectivity index (χ2n) is 6.28. The zero-order chi connectivity index (χ0) is 16.9. The average Bonchev–Trinajstić information content (AvgIpc) is 2.88. The molecule has 2 aliphatic heterocycles. The molecule has 3 aliphatic rings. The summed E-state index contributed by atoms with van der Waals surface area (Å²) in [6, 6.07) is 6.25. The standard InChI is InChI=1S/C18H17ClFN3O/c1-23-17-11(10-22-23)9-21-16(13-4-2-3-5-15(13)20)14-8-12(19)6-7-18(14,17)24/h2-8,10-11,17,21,24H,9H2,1H3. The first kappa shape index (κ1) is 15.4. The maximum absolute atomic E-state index is 14.4. The minimum absolute atomic E-state index is 0.00537. The number of halogens is 2. The molecule has 2 heterocycles. The first-order valence-corrected chi connectivity index (χ1v) is 8.18. The Morgan fingerprint density at radius 1 is 1.42 bits per heavy atom. The Morgan fingerprint density at radius 3 is 3.00 bits per heavy atom. The molecule has 0 bridgehead atoms. The highest BCUT2D eigenvalue weighted by molar-refractivity contribution is 6.31. The van der Waals surface area contributed by atoms with Crippen LogP contribution in [0.5, 0.6) is 0 Å². The van der Waals surface area contributed by atoms with Crippen molar-refractivity contribution in [3.05, 3.63) is 64.5 Å². The van der Waals surface area contributed by atoms with Gasteiger partial charge in [-0.3, -0.25) is 5.01 Å². The van der Waals surface area contributed by atoms with E-state index in [2.05, 4.69) is 10.4 Å². The van der Waals surface area contributed by atoms with Gasteiger partial charge in [0.25, 0.3) is 0 Å². The molecule has 0 radical (unpaired) electrons. The van der Waals surface area contributed by atoms with Crippen molar-refractivity contribution >= 4 is 23.5 Å². The molecule has 0 amide bonds. The number of hydrogen-bond donors (Lipinski definition) is 2. The highest BCUT2D eigenvalue weighted by atomic mass is 35.5. The summed E-state index contributed by atoms with van der Waals surface area (Å²) >= 11 is 6.19. The van der Waals surface area contributed by atoms with Crippen LogP contribution in [-0.4, -0.2) is 41.6 Å². The number of likely N-dealkylation sites (N-methyl/N-ethyl adjacent to an activating group) is 1. The van der Waals surface area contributed by atoms with Gasteiger partial charge in [0, 0.05) is 41.9 Å². The van der Waals surface area contributed by atoms with Gasteiger partial charge in [-0.2, -0.15) is 5.10 Å². The van der Waals surface area contributed by atoms with Crippen LogP contribution in [0.4, 0.5) is 4.39 Å². The Kier molecular flexibility index (Phi) is 3.51. The number of allylic oxidation sites excluding steroid dienone is 2. The van der Waals surface area contributed by atoms with Crippen molar-refractivity contribution in [1.29, 1.82) is 0 Å². The quantitative estimate of drug-likeness (QED) is 0.822. The maximum atomic E-state index is 14.4. The van der Waals surface area contributed by atoms with Crippen molar-refractivity contribution in [2.45, 2.75) is 11.6 Å². The molecule has 0 saturated heterocycles. The normalized spacial score (nSPS) is 31.3. The first-order chi connectivity index (χ1) is 11.5. The number of fused-ring (bicyclic) bond motifs is 3. The minimum atomic E-state index is -1.31. The van der Waals surface area contributed by atoms with Gasteiger partial charge in [0.1, 0.15) is 11.4 Å². The lowest BCUT2D eigenvalue weighted by molar-refractivity contribution is 0.0283. The van der Waals surface area contributed by atoms with Crippen LogP contribution in [0.1, 0.15) is 5.56 Å². The molecule has 24 heavy (non-hydrogen) atoms. The fraction of sp³-hybridized carbons (Fsp3) is 0.278. The third kappa shape index (κ3) is 2.19. The highest BCUT2D eigenvalue weighted by Gasteiger charge is 2.50. The van der Waals surface area contributed by atoms with E-state index in [1.54, 1.807) is 41.4 Å². The molecule has 0 spiro atoms. The molecule has 124 valence electrons. The molecule has 3 atom stereocenters. The van der Waals surface area contributed by atoms with E-state index in [1.807, 2.05) is 13.3 Å². The number of rotatable bonds is 1. The molecular weight excluding hydrogens is 329 g/mol. The van der Waals surface area contributed by atoms with E-state index in [0.717, 1.165) is 0 Å². The van der Waals surface area contributed by atoms with Gasteiger partial charge in [0.2, 0.25) is 0 Å². The van der Waals surface area contributed by atoms with Crippen LogP contribution in [0.3, 0.4) is 0 Å². The van der Waals surface area contributed by atoms with Crippen LogP contribution in [0.25, 0.3) is 5.70 Å². The van der Waals surface area contributed by atoms with E-state index >= 15 is 0 Å². The van der Waals surface area contributed by atoms with Crippen molar-refractivity contribution in [1.82, 2.24) is 10.3 Å². The summed E-state index contributed by atoms with van der Waals surface area (Å²) in [6.45, 7) is 0.549. The molecule has 4 rings (SSSR count). The Morgan fingerprint density at radius 2 is 2.21 bits per heavy atom. The van der Waals surface area contributed by atoms with E-state index in [4.69, 9.17) is 11.6 Å². The summed E-state index contributed by atoms with van der Waals surface area (Å²) in [5, 5.41) is 21.4. The zero-order valence-corrected chi connectivity index (χ0v) is 13.8. The van der Waals surface area contributed by atoms with Crippen molar-refractivity contribution in [3.8, 4) is 0 Å². The minimum Gasteiger partial charge on any atom is -0.383 e. The molecular formula is C18H17ClFN3O. The zero-order valence-electron chi connectivity index (χ0n) is 13.1. The number of nitrogens with zero attached hydrogens (tertiary/aromatic N) is 2. The van der Waals surface area contributed by atoms with E-state index in [9.17, 15) is 9.50 Å². The smallest absolute Gasteiger partial charge is 0.133 e. The summed E-state index contributed by atoms with van der Waals surface area (Å²) in [5.74, 6) is -0.350. The summed E-state index contributed by atoms with van der Waals surface area (Å²) in [6.07, 6.45) is 6.89. The van der Waals surface area contributed by atoms with Crippen molar-refractivity contribution in [3.63, 3.8) is 0 Å². The molecule has 1 aromatic rings. The molecule has 3 unspecified atom stereocenters. The lowest BCUT2D eigenvalue weighted by Gasteiger charge is -2.39.